The summed E-state index contributed by atoms with van der Waals surface area (Å²) < 4.78 is 0. The van der Waals surface area contributed by atoms with Crippen LogP contribution in [0.2, 0.25) is 0 Å². The first-order chi connectivity index (χ1) is 10.5. The van der Waals surface area contributed by atoms with Crippen molar-refractivity contribution in [3.8, 4) is 0 Å². The van der Waals surface area contributed by atoms with Crippen molar-refractivity contribution in [1.82, 2.24) is 10.6 Å². The number of hydrogen-bond acceptors (Lipinski definition) is 3. The maximum Gasteiger partial charge on any atom is 0.220 e. The highest BCUT2D eigenvalue weighted by atomic mass is 16.2. The molecule has 5 nitrogen and oxygen atoms in total. The first-order valence-corrected chi connectivity index (χ1v) is 7.66. The average Bonchev–Trinajstić information content (AvgIpc) is 2.50. The molecule has 0 bridgehead atoms. The maximum absolute atomic E-state index is 12.0. The van der Waals surface area contributed by atoms with E-state index in [0.717, 1.165) is 12.8 Å². The van der Waals surface area contributed by atoms with Crippen molar-refractivity contribution in [3.63, 3.8) is 0 Å². The summed E-state index contributed by atoms with van der Waals surface area (Å²) >= 11 is 0. The van der Waals surface area contributed by atoms with Crippen LogP contribution in [-0.2, 0) is 16.0 Å². The third kappa shape index (κ3) is 7.02. The van der Waals surface area contributed by atoms with Gasteiger partial charge in [0.2, 0.25) is 11.8 Å². The van der Waals surface area contributed by atoms with Crippen LogP contribution in [0.25, 0.3) is 0 Å². The summed E-state index contributed by atoms with van der Waals surface area (Å²) in [6.45, 7) is 4.31. The van der Waals surface area contributed by atoms with Gasteiger partial charge >= 0.3 is 0 Å². The standard InChI is InChI=1S/C17H24N2O3/c1-3-4-14-5-7-15(8-6-14)16(21)9-10-17(22)19-12-11-18-13(2)20/h5-8H,3-4,9-12H2,1-2H3,(H,18,20)(H,19,22). The van der Waals surface area contributed by atoms with Crippen LogP contribution in [0.3, 0.4) is 0 Å². The molecule has 2 amide bonds. The number of nitrogens with one attached hydrogen (secondary N) is 2. The monoisotopic (exact) mass is 304 g/mol. The van der Waals surface area contributed by atoms with Crippen molar-refractivity contribution in [3.05, 3.63) is 35.4 Å². The van der Waals surface area contributed by atoms with Crippen LogP contribution in [0, 0.1) is 0 Å². The fourth-order valence-corrected chi connectivity index (χ4v) is 2.05. The zero-order valence-corrected chi connectivity index (χ0v) is 13.3. The quantitative estimate of drug-likeness (QED) is 0.540. The molecule has 1 aromatic carbocycles. The van der Waals surface area contributed by atoms with Crippen LogP contribution in [0.1, 0.15) is 49.0 Å². The van der Waals surface area contributed by atoms with Gasteiger partial charge in [-0.05, 0) is 12.0 Å². The van der Waals surface area contributed by atoms with Crippen LogP contribution in [0.15, 0.2) is 24.3 Å². The molecule has 0 saturated carbocycles. The SMILES string of the molecule is CCCc1ccc(C(=O)CCC(=O)NCCNC(C)=O)cc1. The summed E-state index contributed by atoms with van der Waals surface area (Å²) in [7, 11) is 0. The van der Waals surface area contributed by atoms with Crippen LogP contribution in [0.5, 0.6) is 0 Å². The first-order valence-electron chi connectivity index (χ1n) is 7.66. The van der Waals surface area contributed by atoms with E-state index in [1.54, 1.807) is 0 Å². The van der Waals surface area contributed by atoms with Gasteiger partial charge < -0.3 is 10.6 Å². The minimum Gasteiger partial charge on any atom is -0.355 e. The summed E-state index contributed by atoms with van der Waals surface area (Å²) in [5, 5.41) is 5.25. The summed E-state index contributed by atoms with van der Waals surface area (Å²) in [5.74, 6) is -0.336. The molecule has 0 radical (unpaired) electrons. The number of carbonyl (C=O) groups is 3. The molecule has 0 saturated heterocycles. The molecule has 5 heteroatoms. The molecule has 1 aromatic rings. The Labute approximate surface area is 131 Å². The van der Waals surface area contributed by atoms with E-state index in [9.17, 15) is 14.4 Å². The molecule has 2 N–H and O–H groups in total. The highest BCUT2D eigenvalue weighted by Crippen LogP contribution is 2.09. The zero-order chi connectivity index (χ0) is 16.4. The molecule has 1 rings (SSSR count). The molecular weight excluding hydrogens is 280 g/mol. The number of amides is 2. The molecule has 0 spiro atoms. The highest BCUT2D eigenvalue weighted by Gasteiger charge is 2.09. The molecule has 22 heavy (non-hydrogen) atoms. The molecule has 120 valence electrons. The van der Waals surface area contributed by atoms with Gasteiger partial charge in [0.05, 0.1) is 0 Å². The van der Waals surface area contributed by atoms with Gasteiger partial charge in [-0.2, -0.15) is 0 Å². The van der Waals surface area contributed by atoms with E-state index < -0.39 is 0 Å². The molecule has 0 atom stereocenters. The summed E-state index contributed by atoms with van der Waals surface area (Å²) in [6.07, 6.45) is 2.44. The van der Waals surface area contributed by atoms with Gasteiger partial charge in [-0.1, -0.05) is 37.6 Å². The van der Waals surface area contributed by atoms with Gasteiger partial charge in [-0.15, -0.1) is 0 Å². The second kappa shape index (κ2) is 9.71. The van der Waals surface area contributed by atoms with Crippen LogP contribution < -0.4 is 10.6 Å². The molecule has 0 unspecified atom stereocenters. The fourth-order valence-electron chi connectivity index (χ4n) is 2.05. The number of rotatable bonds is 9. The summed E-state index contributed by atoms with van der Waals surface area (Å²) in [4.78, 5) is 34.2. The summed E-state index contributed by atoms with van der Waals surface area (Å²) in [5.41, 5.74) is 1.86. The van der Waals surface area contributed by atoms with Crippen molar-refractivity contribution in [2.45, 2.75) is 39.5 Å². The normalized spacial score (nSPS) is 10.1. The Bertz CT molecular complexity index is 509. The van der Waals surface area contributed by atoms with Crippen molar-refractivity contribution in [2.24, 2.45) is 0 Å². The number of carbonyl (C=O) groups excluding carboxylic acids is 3. The molecule has 0 aliphatic rings. The third-order valence-corrected chi connectivity index (χ3v) is 3.21. The van der Waals surface area contributed by atoms with Crippen molar-refractivity contribution >= 4 is 17.6 Å². The molecule has 0 aliphatic carbocycles. The van der Waals surface area contributed by atoms with E-state index in [1.807, 2.05) is 24.3 Å². The summed E-state index contributed by atoms with van der Waals surface area (Å²) in [6, 6.07) is 7.57. The lowest BCUT2D eigenvalue weighted by molar-refractivity contribution is -0.122. The molecule has 0 fully saturated rings. The second-order valence-corrected chi connectivity index (χ2v) is 5.20. The van der Waals surface area contributed by atoms with Crippen LogP contribution in [-0.4, -0.2) is 30.7 Å². The molecule has 0 aliphatic heterocycles. The fraction of sp³-hybridized carbons (Fsp3) is 0.471. The predicted molar refractivity (Wildman–Crippen MR) is 85.7 cm³/mol. The van der Waals surface area contributed by atoms with Gasteiger partial charge in [0.1, 0.15) is 0 Å². The van der Waals surface area contributed by atoms with Crippen LogP contribution in [0.4, 0.5) is 0 Å². The Morgan fingerprint density at radius 1 is 0.955 bits per heavy atom. The topological polar surface area (TPSA) is 75.3 Å². The Morgan fingerprint density at radius 3 is 2.18 bits per heavy atom. The predicted octanol–water partition coefficient (Wildman–Crippen LogP) is 1.85. The van der Waals surface area contributed by atoms with Crippen molar-refractivity contribution in [2.75, 3.05) is 13.1 Å². The van der Waals surface area contributed by atoms with E-state index in [0.29, 0.717) is 18.7 Å². The third-order valence-electron chi connectivity index (χ3n) is 3.21. The van der Waals surface area contributed by atoms with Crippen LogP contribution >= 0.6 is 0 Å². The minimum atomic E-state index is -0.179. The Kier molecular flexibility index (Phi) is 7.89. The van der Waals surface area contributed by atoms with Crippen molar-refractivity contribution < 1.29 is 14.4 Å². The van der Waals surface area contributed by atoms with Gasteiger partial charge in [-0.25, -0.2) is 0 Å². The van der Waals surface area contributed by atoms with Gasteiger partial charge in [-0.3, -0.25) is 14.4 Å². The van der Waals surface area contributed by atoms with E-state index in [-0.39, 0.29) is 30.4 Å². The first kappa shape index (κ1) is 17.9. The maximum atomic E-state index is 12.0. The lowest BCUT2D eigenvalue weighted by atomic mass is 10.0. The number of ketones is 1. The lowest BCUT2D eigenvalue weighted by Gasteiger charge is -2.06. The largest absolute Gasteiger partial charge is 0.355 e. The van der Waals surface area contributed by atoms with Gasteiger partial charge in [0.25, 0.3) is 0 Å². The van der Waals surface area contributed by atoms with E-state index >= 15 is 0 Å². The molecular formula is C17H24N2O3. The highest BCUT2D eigenvalue weighted by molar-refractivity contribution is 5.97. The van der Waals surface area contributed by atoms with Gasteiger partial charge in [0, 0.05) is 38.4 Å². The van der Waals surface area contributed by atoms with E-state index in [2.05, 4.69) is 17.6 Å². The van der Waals surface area contributed by atoms with E-state index in [1.165, 1.54) is 12.5 Å². The van der Waals surface area contributed by atoms with Crippen molar-refractivity contribution in [1.29, 1.82) is 0 Å². The number of hydrogen-bond donors (Lipinski definition) is 2. The minimum absolute atomic E-state index is 0.0277. The lowest BCUT2D eigenvalue weighted by Crippen LogP contribution is -2.33. The Morgan fingerprint density at radius 2 is 1.59 bits per heavy atom. The number of aryl methyl sites for hydroxylation is 1. The molecule has 0 aromatic heterocycles. The smallest absolute Gasteiger partial charge is 0.220 e. The second-order valence-electron chi connectivity index (χ2n) is 5.20. The Hall–Kier alpha value is -2.17. The number of benzene rings is 1. The Balaban J connectivity index is 2.29. The van der Waals surface area contributed by atoms with Gasteiger partial charge in [0.15, 0.2) is 5.78 Å². The van der Waals surface area contributed by atoms with E-state index in [4.69, 9.17) is 0 Å². The zero-order valence-electron chi connectivity index (χ0n) is 13.3. The molecule has 0 heterocycles. The number of Topliss-reactive ketones (excluding diaryl/α,β-unsaturated/α-hetero) is 1. The average molecular weight is 304 g/mol.